The number of benzene rings is 2. The second-order valence-corrected chi connectivity index (χ2v) is 9.01. The van der Waals surface area contributed by atoms with Gasteiger partial charge in [-0.2, -0.15) is 5.26 Å². The molecule has 0 bridgehead atoms. The van der Waals surface area contributed by atoms with E-state index < -0.39 is 0 Å². The molecule has 0 spiro atoms. The first kappa shape index (κ1) is 19.4. The molecule has 1 aliphatic carbocycles. The van der Waals surface area contributed by atoms with E-state index in [1.807, 2.05) is 12.1 Å². The highest BCUT2D eigenvalue weighted by atomic mass is 35.5. The number of nitrogens with zero attached hydrogens (tertiary/aromatic N) is 2. The number of halogens is 2. The largest absolute Gasteiger partial charge is 0.322 e. The van der Waals surface area contributed by atoms with Gasteiger partial charge in [0.15, 0.2) is 0 Å². The molecule has 4 nitrogen and oxygen atoms in total. The topological polar surface area (TPSA) is 56.1 Å². The van der Waals surface area contributed by atoms with Gasteiger partial charge in [-0.3, -0.25) is 4.79 Å². The molecule has 1 N–H and O–H groups in total. The summed E-state index contributed by atoms with van der Waals surface area (Å²) in [4.78, 5) is 13.0. The van der Waals surface area contributed by atoms with Crippen molar-refractivity contribution in [2.45, 2.75) is 31.6 Å². The Morgan fingerprint density at radius 2 is 2.00 bits per heavy atom. The Hall–Kier alpha value is -1.87. The van der Waals surface area contributed by atoms with E-state index in [0.29, 0.717) is 27.8 Å². The summed E-state index contributed by atoms with van der Waals surface area (Å²) in [5.41, 5.74) is 3.48. The third-order valence-corrected chi connectivity index (χ3v) is 7.20. The molecule has 0 atom stereocenters. The van der Waals surface area contributed by atoms with Gasteiger partial charge in [-0.15, -0.1) is 0 Å². The van der Waals surface area contributed by atoms with Crippen LogP contribution in [-0.4, -0.2) is 18.2 Å². The van der Waals surface area contributed by atoms with E-state index >= 15 is 0 Å². The van der Waals surface area contributed by atoms with Gasteiger partial charge in [0.1, 0.15) is 0 Å². The highest BCUT2D eigenvalue weighted by Crippen LogP contribution is 2.38. The number of carbonyl (C=O) groups is 1. The van der Waals surface area contributed by atoms with Crippen LogP contribution in [0.5, 0.6) is 0 Å². The summed E-state index contributed by atoms with van der Waals surface area (Å²) < 4.78 is 2.13. The van der Waals surface area contributed by atoms with Gasteiger partial charge in [0.25, 0.3) is 5.91 Å². The van der Waals surface area contributed by atoms with Gasteiger partial charge in [-0.25, -0.2) is 0 Å². The SMILES string of the molecule is N#Cc1cc(NC(=O)c2cc(N3CCCS3)cc(Cl)c2Cl)cc(C2CCC2)c1. The Morgan fingerprint density at radius 3 is 2.64 bits per heavy atom. The molecule has 0 radical (unpaired) electrons. The zero-order valence-corrected chi connectivity index (χ0v) is 17.5. The maximum absolute atomic E-state index is 13.0. The Balaban J connectivity index is 1.62. The first-order valence-electron chi connectivity index (χ1n) is 9.31. The summed E-state index contributed by atoms with van der Waals surface area (Å²) in [5.74, 6) is 1.19. The van der Waals surface area contributed by atoms with Gasteiger partial charge >= 0.3 is 0 Å². The van der Waals surface area contributed by atoms with E-state index in [9.17, 15) is 10.1 Å². The average Bonchev–Trinajstić information content (AvgIpc) is 3.16. The van der Waals surface area contributed by atoms with Crippen LogP contribution in [0, 0.1) is 11.3 Å². The molecule has 1 heterocycles. The smallest absolute Gasteiger partial charge is 0.257 e. The van der Waals surface area contributed by atoms with Gasteiger partial charge in [0.2, 0.25) is 0 Å². The van der Waals surface area contributed by atoms with E-state index in [1.165, 1.54) is 6.42 Å². The van der Waals surface area contributed by atoms with Crippen LogP contribution in [0.2, 0.25) is 10.0 Å². The predicted molar refractivity (Wildman–Crippen MR) is 117 cm³/mol. The van der Waals surface area contributed by atoms with Crippen LogP contribution < -0.4 is 9.62 Å². The highest BCUT2D eigenvalue weighted by molar-refractivity contribution is 8.00. The lowest BCUT2D eigenvalue weighted by Crippen LogP contribution is -2.16. The summed E-state index contributed by atoms with van der Waals surface area (Å²) in [7, 11) is 0. The molecule has 2 aromatic carbocycles. The van der Waals surface area contributed by atoms with Crippen molar-refractivity contribution in [3.05, 3.63) is 57.1 Å². The first-order chi connectivity index (χ1) is 13.5. The summed E-state index contributed by atoms with van der Waals surface area (Å²) in [5, 5.41) is 12.8. The number of carbonyl (C=O) groups excluding carboxylic acids is 1. The average molecular weight is 432 g/mol. The molecule has 28 heavy (non-hydrogen) atoms. The van der Waals surface area contributed by atoms with Crippen molar-refractivity contribution in [3.8, 4) is 6.07 Å². The standard InChI is InChI=1S/C21H19Cl2N3OS/c22-19-11-17(26-5-2-6-28-26)10-18(20(19)23)21(27)25-16-8-13(12-24)7-15(9-16)14-3-1-4-14/h7-11,14H,1-6H2,(H,25,27). The Bertz CT molecular complexity index is 963. The van der Waals surface area contributed by atoms with Crippen LogP contribution in [0.4, 0.5) is 11.4 Å². The van der Waals surface area contributed by atoms with Gasteiger partial charge in [-0.1, -0.05) is 29.6 Å². The molecular formula is C21H19Cl2N3OS. The molecule has 0 unspecified atom stereocenters. The molecule has 2 aromatic rings. The maximum Gasteiger partial charge on any atom is 0.257 e. The summed E-state index contributed by atoms with van der Waals surface area (Å²) in [6, 6.07) is 11.3. The van der Waals surface area contributed by atoms with Crippen LogP contribution in [0.25, 0.3) is 0 Å². The van der Waals surface area contributed by atoms with E-state index in [4.69, 9.17) is 23.2 Å². The molecule has 1 aliphatic heterocycles. The minimum absolute atomic E-state index is 0.239. The van der Waals surface area contributed by atoms with Gasteiger partial charge in [0, 0.05) is 23.7 Å². The van der Waals surface area contributed by atoms with Crippen LogP contribution in [0.1, 0.15) is 53.1 Å². The monoisotopic (exact) mass is 431 g/mol. The summed E-state index contributed by atoms with van der Waals surface area (Å²) in [6.07, 6.45) is 4.55. The molecule has 2 aliphatic rings. The molecule has 0 aromatic heterocycles. The normalized spacial score (nSPS) is 16.5. The number of hydrogen-bond acceptors (Lipinski definition) is 4. The molecule has 4 rings (SSSR count). The zero-order chi connectivity index (χ0) is 19.7. The molecule has 2 fully saturated rings. The lowest BCUT2D eigenvalue weighted by atomic mass is 9.79. The van der Waals surface area contributed by atoms with Crippen molar-refractivity contribution < 1.29 is 4.79 Å². The Labute approximate surface area is 178 Å². The fourth-order valence-corrected chi connectivity index (χ4v) is 4.90. The van der Waals surface area contributed by atoms with Gasteiger partial charge < -0.3 is 9.62 Å². The number of rotatable bonds is 4. The predicted octanol–water partition coefficient (Wildman–Crippen LogP) is 6.24. The van der Waals surface area contributed by atoms with Crippen LogP contribution in [0.15, 0.2) is 30.3 Å². The van der Waals surface area contributed by atoms with Crippen molar-refractivity contribution in [1.29, 1.82) is 5.26 Å². The fraction of sp³-hybridized carbons (Fsp3) is 0.333. The van der Waals surface area contributed by atoms with Gasteiger partial charge in [-0.05, 0) is 73.0 Å². The van der Waals surface area contributed by atoms with Crippen LogP contribution >= 0.6 is 35.1 Å². The molecule has 1 amide bonds. The molecule has 1 saturated carbocycles. The van der Waals surface area contributed by atoms with Crippen molar-refractivity contribution in [2.75, 3.05) is 21.9 Å². The number of hydrogen-bond donors (Lipinski definition) is 1. The lowest BCUT2D eigenvalue weighted by Gasteiger charge is -2.26. The summed E-state index contributed by atoms with van der Waals surface area (Å²) in [6.45, 7) is 0.915. The highest BCUT2D eigenvalue weighted by Gasteiger charge is 2.22. The number of anilines is 2. The van der Waals surface area contributed by atoms with Crippen molar-refractivity contribution in [1.82, 2.24) is 0 Å². The van der Waals surface area contributed by atoms with Gasteiger partial charge in [0.05, 0.1) is 27.2 Å². The Kier molecular flexibility index (Phi) is 5.73. The second kappa shape index (κ2) is 8.24. The minimum Gasteiger partial charge on any atom is -0.322 e. The third kappa shape index (κ3) is 3.96. The maximum atomic E-state index is 13.0. The molecular weight excluding hydrogens is 413 g/mol. The van der Waals surface area contributed by atoms with E-state index in [0.717, 1.165) is 42.8 Å². The third-order valence-electron chi connectivity index (χ3n) is 5.22. The summed E-state index contributed by atoms with van der Waals surface area (Å²) >= 11 is 14.3. The number of nitrogens with one attached hydrogen (secondary N) is 1. The van der Waals surface area contributed by atoms with Crippen LogP contribution in [0.3, 0.4) is 0 Å². The van der Waals surface area contributed by atoms with E-state index in [1.54, 1.807) is 30.1 Å². The number of amides is 1. The van der Waals surface area contributed by atoms with Crippen molar-refractivity contribution in [2.24, 2.45) is 0 Å². The first-order valence-corrected chi connectivity index (χ1v) is 11.0. The Morgan fingerprint density at radius 1 is 1.18 bits per heavy atom. The van der Waals surface area contributed by atoms with E-state index in [2.05, 4.69) is 15.7 Å². The van der Waals surface area contributed by atoms with E-state index in [-0.39, 0.29) is 10.9 Å². The quantitative estimate of drug-likeness (QED) is 0.581. The molecule has 1 saturated heterocycles. The molecule has 7 heteroatoms. The van der Waals surface area contributed by atoms with Crippen molar-refractivity contribution >= 4 is 52.4 Å². The number of nitriles is 1. The minimum atomic E-state index is -0.326. The lowest BCUT2D eigenvalue weighted by molar-refractivity contribution is 0.102. The fourth-order valence-electron chi connectivity index (χ4n) is 3.50. The zero-order valence-electron chi connectivity index (χ0n) is 15.2. The molecule has 144 valence electrons. The van der Waals surface area contributed by atoms with Crippen molar-refractivity contribution in [3.63, 3.8) is 0 Å². The second-order valence-electron chi connectivity index (χ2n) is 7.12. The van der Waals surface area contributed by atoms with Crippen LogP contribution in [-0.2, 0) is 0 Å².